The first-order valence-corrected chi connectivity index (χ1v) is 21.4. The van der Waals surface area contributed by atoms with Gasteiger partial charge in [0.05, 0.1) is 40.3 Å². The summed E-state index contributed by atoms with van der Waals surface area (Å²) in [5.41, 5.74) is 0. The minimum atomic E-state index is -1.14. The van der Waals surface area contributed by atoms with Crippen molar-refractivity contribution in [1.82, 2.24) is 0 Å². The molecule has 0 aliphatic heterocycles. The number of carboxylic acid groups (broad SMARTS) is 1. The zero-order valence-electron chi connectivity index (χ0n) is 36.2. The summed E-state index contributed by atoms with van der Waals surface area (Å²) in [6.07, 6.45) is 52.8. The molecule has 8 heteroatoms. The molecule has 0 saturated heterocycles. The van der Waals surface area contributed by atoms with Crippen LogP contribution in [0.15, 0.2) is 109 Å². The second-order valence-electron chi connectivity index (χ2n) is 14.8. The Balaban J connectivity index is 4.44. The number of unbranched alkanes of at least 4 members (excludes halogenated alkanes) is 4. The van der Waals surface area contributed by atoms with Crippen LogP contribution in [-0.4, -0.2) is 75.5 Å². The van der Waals surface area contributed by atoms with Crippen LogP contribution >= 0.6 is 0 Å². The van der Waals surface area contributed by atoms with Crippen LogP contribution in [0.1, 0.15) is 129 Å². The van der Waals surface area contributed by atoms with Crippen molar-refractivity contribution in [3.63, 3.8) is 0 Å². The number of esters is 2. The maximum atomic E-state index is 12.6. The molecular formula is C49H77NO7. The predicted octanol–water partition coefficient (Wildman–Crippen LogP) is 10.4. The summed E-state index contributed by atoms with van der Waals surface area (Å²) >= 11 is 0. The molecule has 0 rings (SSSR count). The van der Waals surface area contributed by atoms with Gasteiger partial charge in [0, 0.05) is 19.3 Å². The number of hydrogen-bond acceptors (Lipinski definition) is 7. The molecule has 0 bridgehead atoms. The molecule has 0 aromatic rings. The Bertz CT molecular complexity index is 1290. The van der Waals surface area contributed by atoms with Crippen LogP contribution in [-0.2, 0) is 28.6 Å². The van der Waals surface area contributed by atoms with Crippen molar-refractivity contribution in [2.75, 3.05) is 41.0 Å². The molecule has 0 amide bonds. The van der Waals surface area contributed by atoms with Gasteiger partial charge in [-0.15, -0.1) is 0 Å². The van der Waals surface area contributed by atoms with E-state index in [1.807, 2.05) is 0 Å². The van der Waals surface area contributed by atoms with Gasteiger partial charge in [0.15, 0.2) is 6.10 Å². The average molecular weight is 792 g/mol. The highest BCUT2D eigenvalue weighted by Gasteiger charge is 2.25. The van der Waals surface area contributed by atoms with E-state index in [0.29, 0.717) is 12.8 Å². The Morgan fingerprint density at radius 2 is 0.947 bits per heavy atom. The number of aliphatic carboxylic acids is 1. The number of carboxylic acids is 1. The smallest absolute Gasteiger partial charge is 0.306 e. The third-order valence-electron chi connectivity index (χ3n) is 8.65. The quantitative estimate of drug-likeness (QED) is 0.0269. The number of allylic oxidation sites excluding steroid dienone is 18. The fourth-order valence-corrected chi connectivity index (χ4v) is 5.39. The van der Waals surface area contributed by atoms with E-state index in [1.54, 1.807) is 21.1 Å². The minimum absolute atomic E-state index is 0.00156. The monoisotopic (exact) mass is 792 g/mol. The van der Waals surface area contributed by atoms with Crippen molar-refractivity contribution in [3.05, 3.63) is 109 Å². The fourth-order valence-electron chi connectivity index (χ4n) is 5.39. The van der Waals surface area contributed by atoms with E-state index in [1.165, 1.54) is 0 Å². The zero-order valence-corrected chi connectivity index (χ0v) is 36.2. The van der Waals surface area contributed by atoms with Crippen molar-refractivity contribution in [2.24, 2.45) is 0 Å². The first-order valence-electron chi connectivity index (χ1n) is 21.4. The molecule has 0 aromatic heterocycles. The summed E-state index contributed by atoms with van der Waals surface area (Å²) in [7, 11) is 5.36. The molecule has 0 aliphatic carbocycles. The van der Waals surface area contributed by atoms with Gasteiger partial charge >= 0.3 is 11.9 Å². The van der Waals surface area contributed by atoms with Crippen LogP contribution in [0, 0.1) is 0 Å². The van der Waals surface area contributed by atoms with Gasteiger partial charge in [0.1, 0.15) is 12.6 Å². The van der Waals surface area contributed by atoms with Gasteiger partial charge in [-0.25, -0.2) is 0 Å². The maximum absolute atomic E-state index is 12.6. The Labute approximate surface area is 347 Å². The van der Waals surface area contributed by atoms with Gasteiger partial charge in [-0.05, 0) is 89.9 Å². The molecule has 0 heterocycles. The van der Waals surface area contributed by atoms with E-state index >= 15 is 0 Å². The van der Waals surface area contributed by atoms with Crippen LogP contribution in [0.2, 0.25) is 0 Å². The summed E-state index contributed by atoms with van der Waals surface area (Å²) in [5, 5.41) is 11.6. The fraction of sp³-hybridized carbons (Fsp3) is 0.571. The first-order chi connectivity index (χ1) is 27.6. The van der Waals surface area contributed by atoms with Crippen LogP contribution in [0.25, 0.3) is 0 Å². The number of carbonyl (C=O) groups is 3. The van der Waals surface area contributed by atoms with Gasteiger partial charge < -0.3 is 28.6 Å². The van der Waals surface area contributed by atoms with E-state index in [9.17, 15) is 19.5 Å². The van der Waals surface area contributed by atoms with Crippen molar-refractivity contribution >= 4 is 17.9 Å². The highest BCUT2D eigenvalue weighted by molar-refractivity contribution is 5.70. The molecule has 0 aromatic carbocycles. The molecule has 0 N–H and O–H groups in total. The normalized spacial score (nSPS) is 14.1. The number of nitrogens with zero attached hydrogens (tertiary/aromatic N) is 1. The lowest BCUT2D eigenvalue weighted by Gasteiger charge is -2.34. The molecule has 2 atom stereocenters. The minimum Gasteiger partial charge on any atom is -0.544 e. The van der Waals surface area contributed by atoms with Crippen LogP contribution in [0.4, 0.5) is 0 Å². The molecule has 0 spiro atoms. The molecule has 2 unspecified atom stereocenters. The van der Waals surface area contributed by atoms with E-state index in [4.69, 9.17) is 14.2 Å². The van der Waals surface area contributed by atoms with Crippen LogP contribution < -0.4 is 5.11 Å². The average Bonchev–Trinajstić information content (AvgIpc) is 3.17. The highest BCUT2D eigenvalue weighted by atomic mass is 16.6. The summed E-state index contributed by atoms with van der Waals surface area (Å²) < 4.78 is 17.0. The van der Waals surface area contributed by atoms with Crippen molar-refractivity contribution in [3.8, 4) is 0 Å². The number of rotatable bonds is 36. The standard InChI is InChI=1S/C49H77NO7/c1-6-8-10-12-14-16-18-19-20-21-22-23-24-25-26-27-28-30-31-33-35-37-39-47(51)56-44-45(43-55-42-41-46(49(53)54)50(3,4)5)57-48(52)40-38-36-34-32-29-17-15-13-11-9-7-2/h8-11,14-17,19-20,22-23,25-26,28,30,32,34,45-46H,6-7,12-13,18,21,24,27,29,31,33,35-44H2,1-5H3/b10-8+,11-9+,16-14+,17-15+,20-19+,23-22+,26-25+,30-28+,34-32+. The van der Waals surface area contributed by atoms with E-state index in [0.717, 1.165) is 89.9 Å². The molecule has 0 fully saturated rings. The summed E-state index contributed by atoms with van der Waals surface area (Å²) in [4.78, 5) is 36.7. The second kappa shape index (κ2) is 38.8. The van der Waals surface area contributed by atoms with E-state index in [2.05, 4.69) is 123 Å². The summed E-state index contributed by atoms with van der Waals surface area (Å²) in [6, 6.07) is -0.746. The number of carbonyl (C=O) groups excluding carboxylic acids is 3. The van der Waals surface area contributed by atoms with E-state index < -0.39 is 18.1 Å². The van der Waals surface area contributed by atoms with Crippen molar-refractivity contribution < 1.29 is 38.2 Å². The summed E-state index contributed by atoms with van der Waals surface area (Å²) in [6.45, 7) is 4.30. The lowest BCUT2D eigenvalue weighted by Crippen LogP contribution is -2.55. The van der Waals surface area contributed by atoms with Gasteiger partial charge in [0.25, 0.3) is 0 Å². The highest BCUT2D eigenvalue weighted by Crippen LogP contribution is 2.10. The SMILES string of the molecule is CC/C=C/C/C=C/C/C=C/C/C=C/C/C=C/C/C=C/CCCCCC(=O)OCC(COCCC(C(=O)[O-])[N+](C)(C)C)OC(=O)CCC/C=C/C/C=C/C/C=C/CC. The molecule has 8 nitrogen and oxygen atoms in total. The number of likely N-dealkylation sites (N-methyl/N-ethyl adjacent to an activating group) is 1. The Morgan fingerprint density at radius 1 is 0.526 bits per heavy atom. The third kappa shape index (κ3) is 37.3. The molecular weight excluding hydrogens is 715 g/mol. The predicted molar refractivity (Wildman–Crippen MR) is 235 cm³/mol. The number of quaternary nitrogens is 1. The third-order valence-corrected chi connectivity index (χ3v) is 8.65. The van der Waals surface area contributed by atoms with Crippen LogP contribution in [0.5, 0.6) is 0 Å². The Kier molecular flexibility index (Phi) is 36.1. The summed E-state index contributed by atoms with van der Waals surface area (Å²) in [5.74, 6) is -1.87. The van der Waals surface area contributed by atoms with Gasteiger partial charge in [-0.3, -0.25) is 9.59 Å². The number of hydrogen-bond donors (Lipinski definition) is 0. The molecule has 0 saturated carbocycles. The van der Waals surface area contributed by atoms with Crippen LogP contribution in [0.3, 0.4) is 0 Å². The van der Waals surface area contributed by atoms with Crippen molar-refractivity contribution in [1.29, 1.82) is 0 Å². The number of ether oxygens (including phenoxy) is 3. The lowest BCUT2D eigenvalue weighted by molar-refractivity contribution is -0.889. The van der Waals surface area contributed by atoms with Gasteiger partial charge in [0.2, 0.25) is 0 Å². The second-order valence-corrected chi connectivity index (χ2v) is 14.8. The molecule has 320 valence electrons. The van der Waals surface area contributed by atoms with Crippen molar-refractivity contribution in [2.45, 2.75) is 142 Å². The molecule has 0 radical (unpaired) electrons. The maximum Gasteiger partial charge on any atom is 0.306 e. The molecule has 0 aliphatic rings. The Hall–Kier alpha value is -4.01. The topological polar surface area (TPSA) is 102 Å². The lowest BCUT2D eigenvalue weighted by atomic mass is 10.1. The van der Waals surface area contributed by atoms with E-state index in [-0.39, 0.29) is 49.1 Å². The zero-order chi connectivity index (χ0) is 42.1. The van der Waals surface area contributed by atoms with Gasteiger partial charge in [-0.2, -0.15) is 0 Å². The largest absolute Gasteiger partial charge is 0.544 e. The Morgan fingerprint density at radius 3 is 1.39 bits per heavy atom. The van der Waals surface area contributed by atoms with Gasteiger partial charge in [-0.1, -0.05) is 130 Å². The molecule has 57 heavy (non-hydrogen) atoms. The first kappa shape index (κ1) is 53.0.